The zero-order chi connectivity index (χ0) is 18.0. The van der Waals surface area contributed by atoms with Crippen LogP contribution in [-0.4, -0.2) is 16.0 Å². The zero-order valence-electron chi connectivity index (χ0n) is 14.5. The second kappa shape index (κ2) is 6.92. The number of rotatable bonds is 4. The predicted octanol–water partition coefficient (Wildman–Crippen LogP) is 4.70. The first-order valence-electron chi connectivity index (χ1n) is 8.66. The van der Waals surface area contributed by atoms with Gasteiger partial charge in [0, 0.05) is 22.3 Å². The molecule has 0 radical (unpaired) electrons. The van der Waals surface area contributed by atoms with E-state index < -0.39 is 0 Å². The molecule has 0 spiro atoms. The molecule has 0 aliphatic heterocycles. The van der Waals surface area contributed by atoms with Gasteiger partial charge >= 0.3 is 6.03 Å². The fourth-order valence-corrected chi connectivity index (χ4v) is 4.40. The number of aromatic nitrogens is 2. The van der Waals surface area contributed by atoms with E-state index in [-0.39, 0.29) is 11.6 Å². The van der Waals surface area contributed by atoms with E-state index in [0.717, 1.165) is 47.6 Å². The number of aryl methyl sites for hydroxylation is 1. The first-order chi connectivity index (χ1) is 12.6. The summed E-state index contributed by atoms with van der Waals surface area (Å²) in [6.45, 7) is 1.98. The number of nitrogens with zero attached hydrogens (tertiary/aromatic N) is 2. The molecule has 2 N–H and O–H groups in total. The number of hydrogen-bond donors (Lipinski definition) is 2. The van der Waals surface area contributed by atoms with Crippen LogP contribution in [0.1, 0.15) is 36.4 Å². The van der Waals surface area contributed by atoms with Crippen LogP contribution >= 0.6 is 11.3 Å². The smallest absolute Gasteiger partial charge is 0.320 e. The molecule has 1 fully saturated rings. The summed E-state index contributed by atoms with van der Waals surface area (Å²) in [4.78, 5) is 21.3. The maximum atomic E-state index is 12.6. The minimum Gasteiger partial charge on any atom is -0.445 e. The van der Waals surface area contributed by atoms with E-state index in [1.165, 1.54) is 6.26 Å². The average Bonchev–Trinajstić information content (AvgIpc) is 3.37. The van der Waals surface area contributed by atoms with E-state index in [1.807, 2.05) is 36.6 Å². The van der Waals surface area contributed by atoms with Gasteiger partial charge in [0.25, 0.3) is 0 Å². The summed E-state index contributed by atoms with van der Waals surface area (Å²) in [5.41, 5.74) is 2.24. The first-order valence-corrected chi connectivity index (χ1v) is 9.54. The molecule has 7 heteroatoms. The summed E-state index contributed by atoms with van der Waals surface area (Å²) in [6.07, 6.45) is 7.20. The molecule has 0 unspecified atom stereocenters. The highest BCUT2D eigenvalue weighted by Crippen LogP contribution is 2.40. The van der Waals surface area contributed by atoms with Gasteiger partial charge in [0.2, 0.25) is 5.89 Å². The van der Waals surface area contributed by atoms with Crippen molar-refractivity contribution in [2.45, 2.75) is 38.1 Å². The van der Waals surface area contributed by atoms with Gasteiger partial charge in [-0.15, -0.1) is 11.3 Å². The summed E-state index contributed by atoms with van der Waals surface area (Å²) < 4.78 is 5.28. The molecule has 6 nitrogen and oxygen atoms in total. The van der Waals surface area contributed by atoms with Crippen molar-refractivity contribution >= 4 is 23.1 Å². The number of nitrogens with one attached hydrogen (secondary N) is 2. The number of hydrogen-bond acceptors (Lipinski definition) is 5. The van der Waals surface area contributed by atoms with Crippen LogP contribution in [0.3, 0.4) is 0 Å². The molecule has 3 aromatic rings. The summed E-state index contributed by atoms with van der Waals surface area (Å²) >= 11 is 1.62. The van der Waals surface area contributed by atoms with E-state index in [1.54, 1.807) is 17.5 Å². The molecular formula is C19H20N4O2S. The number of carbonyl (C=O) groups excluding carboxylic acids is 1. The molecule has 2 heterocycles. The Morgan fingerprint density at radius 1 is 1.23 bits per heavy atom. The van der Waals surface area contributed by atoms with Crippen LogP contribution in [-0.2, 0) is 5.54 Å². The highest BCUT2D eigenvalue weighted by molar-refractivity contribution is 7.09. The van der Waals surface area contributed by atoms with Crippen molar-refractivity contribution in [2.24, 2.45) is 0 Å². The Hall–Kier alpha value is -2.67. The number of thiazole rings is 1. The van der Waals surface area contributed by atoms with Crippen molar-refractivity contribution in [2.75, 3.05) is 5.32 Å². The van der Waals surface area contributed by atoms with Crippen LogP contribution in [0, 0.1) is 6.92 Å². The molecule has 2 aromatic heterocycles. The molecule has 26 heavy (non-hydrogen) atoms. The van der Waals surface area contributed by atoms with Crippen LogP contribution in [0.15, 0.2) is 46.5 Å². The lowest BCUT2D eigenvalue weighted by atomic mass is 9.99. The Morgan fingerprint density at radius 3 is 2.62 bits per heavy atom. The van der Waals surface area contributed by atoms with Crippen LogP contribution in [0.2, 0.25) is 0 Å². The molecule has 134 valence electrons. The van der Waals surface area contributed by atoms with Gasteiger partial charge in [0.15, 0.2) is 0 Å². The van der Waals surface area contributed by atoms with Crippen LogP contribution in [0.4, 0.5) is 10.5 Å². The van der Waals surface area contributed by atoms with E-state index in [4.69, 9.17) is 4.42 Å². The molecule has 0 saturated heterocycles. The third-order valence-electron chi connectivity index (χ3n) is 4.66. The summed E-state index contributed by atoms with van der Waals surface area (Å²) in [5, 5.41) is 9.14. The van der Waals surface area contributed by atoms with Crippen molar-refractivity contribution < 1.29 is 9.21 Å². The van der Waals surface area contributed by atoms with E-state index in [9.17, 15) is 4.79 Å². The number of carbonyl (C=O) groups is 1. The standard InChI is InChI=1S/C19H20N4O2S/c1-13-12-26-17(21-13)19(8-2-3-9-19)23-18(24)22-15-6-4-14(5-7-15)16-20-10-11-25-16/h4-7,10-12H,2-3,8-9H2,1H3,(H2,22,23,24). The number of oxazole rings is 1. The molecular weight excluding hydrogens is 348 g/mol. The molecule has 2 amide bonds. The van der Waals surface area contributed by atoms with Crippen LogP contribution < -0.4 is 10.6 Å². The van der Waals surface area contributed by atoms with E-state index in [2.05, 4.69) is 20.6 Å². The topological polar surface area (TPSA) is 80.0 Å². The summed E-state index contributed by atoms with van der Waals surface area (Å²) in [6, 6.07) is 7.22. The van der Waals surface area contributed by atoms with Gasteiger partial charge in [-0.25, -0.2) is 14.8 Å². The summed E-state index contributed by atoms with van der Waals surface area (Å²) in [5.74, 6) is 0.560. The van der Waals surface area contributed by atoms with E-state index >= 15 is 0 Å². The monoisotopic (exact) mass is 368 g/mol. The normalized spacial score (nSPS) is 15.7. The minimum absolute atomic E-state index is 0.205. The van der Waals surface area contributed by atoms with Crippen molar-refractivity contribution in [3.8, 4) is 11.5 Å². The molecule has 1 aliphatic carbocycles. The molecule has 4 rings (SSSR count). The highest BCUT2D eigenvalue weighted by Gasteiger charge is 2.39. The number of benzene rings is 1. The third kappa shape index (κ3) is 3.35. The zero-order valence-corrected chi connectivity index (χ0v) is 15.3. The van der Waals surface area contributed by atoms with Gasteiger partial charge in [-0.05, 0) is 44.0 Å². The third-order valence-corrected chi connectivity index (χ3v) is 5.82. The first kappa shape index (κ1) is 16.8. The van der Waals surface area contributed by atoms with Gasteiger partial charge in [-0.3, -0.25) is 0 Å². The molecule has 0 atom stereocenters. The van der Waals surface area contributed by atoms with Gasteiger partial charge in [-0.2, -0.15) is 0 Å². The fraction of sp³-hybridized carbons (Fsp3) is 0.316. The lowest BCUT2D eigenvalue weighted by molar-refractivity contribution is 0.236. The lowest BCUT2D eigenvalue weighted by Gasteiger charge is -2.28. The Labute approximate surface area is 155 Å². The Morgan fingerprint density at radius 2 is 2.00 bits per heavy atom. The van der Waals surface area contributed by atoms with Crippen LogP contribution in [0.25, 0.3) is 11.5 Å². The quantitative estimate of drug-likeness (QED) is 0.700. The largest absolute Gasteiger partial charge is 0.445 e. The maximum absolute atomic E-state index is 12.6. The second-order valence-corrected chi connectivity index (χ2v) is 7.44. The van der Waals surface area contributed by atoms with Crippen LogP contribution in [0.5, 0.6) is 0 Å². The lowest BCUT2D eigenvalue weighted by Crippen LogP contribution is -2.45. The van der Waals surface area contributed by atoms with Gasteiger partial charge in [0.1, 0.15) is 11.3 Å². The number of amides is 2. The van der Waals surface area contributed by atoms with Crippen molar-refractivity contribution in [1.82, 2.24) is 15.3 Å². The Bertz CT molecular complexity index is 881. The molecule has 1 aromatic carbocycles. The van der Waals surface area contributed by atoms with Crippen molar-refractivity contribution in [1.29, 1.82) is 0 Å². The van der Waals surface area contributed by atoms with Gasteiger partial charge in [0.05, 0.1) is 11.7 Å². The van der Waals surface area contributed by atoms with Gasteiger partial charge < -0.3 is 15.1 Å². The fourth-order valence-electron chi connectivity index (χ4n) is 3.39. The Kier molecular flexibility index (Phi) is 4.46. The van der Waals surface area contributed by atoms with Crippen molar-refractivity contribution in [3.63, 3.8) is 0 Å². The highest BCUT2D eigenvalue weighted by atomic mass is 32.1. The maximum Gasteiger partial charge on any atom is 0.320 e. The molecule has 1 aliphatic rings. The molecule has 1 saturated carbocycles. The van der Waals surface area contributed by atoms with Crippen molar-refractivity contribution in [3.05, 3.63) is 52.8 Å². The van der Waals surface area contributed by atoms with Gasteiger partial charge in [-0.1, -0.05) is 12.8 Å². The number of urea groups is 1. The minimum atomic E-state index is -0.346. The predicted molar refractivity (Wildman–Crippen MR) is 101 cm³/mol. The SMILES string of the molecule is Cc1csc(C2(NC(=O)Nc3ccc(-c4ncco4)cc3)CCCC2)n1. The Balaban J connectivity index is 1.46. The molecule has 0 bridgehead atoms. The van der Waals surface area contributed by atoms with E-state index in [0.29, 0.717) is 5.89 Å². The average molecular weight is 368 g/mol. The number of anilines is 1. The summed E-state index contributed by atoms with van der Waals surface area (Å²) in [7, 11) is 0. The second-order valence-electron chi connectivity index (χ2n) is 6.58.